The van der Waals surface area contributed by atoms with Crippen LogP contribution in [-0.2, 0) is 14.6 Å². The van der Waals surface area contributed by atoms with Crippen LogP contribution in [0.1, 0.15) is 24.1 Å². The van der Waals surface area contributed by atoms with Gasteiger partial charge in [-0.2, -0.15) is 0 Å². The predicted molar refractivity (Wildman–Crippen MR) is 102 cm³/mol. The lowest BCUT2D eigenvalue weighted by atomic mass is 10.1. The molecule has 1 unspecified atom stereocenters. The summed E-state index contributed by atoms with van der Waals surface area (Å²) in [5.41, 5.74) is 1.72. The molecule has 0 radical (unpaired) electrons. The Morgan fingerprint density at radius 1 is 1.19 bits per heavy atom. The van der Waals surface area contributed by atoms with E-state index in [2.05, 4.69) is 0 Å². The molecule has 2 aromatic carbocycles. The third-order valence-corrected chi connectivity index (χ3v) is 5.81. The molecule has 0 fully saturated rings. The molecule has 0 saturated carbocycles. The molecule has 0 N–H and O–H groups in total. The van der Waals surface area contributed by atoms with E-state index >= 15 is 0 Å². The van der Waals surface area contributed by atoms with E-state index in [4.69, 9.17) is 16.3 Å². The topological polar surface area (TPSA) is 63.7 Å². The van der Waals surface area contributed by atoms with Gasteiger partial charge < -0.3 is 9.64 Å². The van der Waals surface area contributed by atoms with Crippen molar-refractivity contribution in [2.75, 3.05) is 19.9 Å². The molecule has 0 aliphatic heterocycles. The zero-order valence-electron chi connectivity index (χ0n) is 15.2. The average Bonchev–Trinajstić information content (AvgIpc) is 2.60. The van der Waals surface area contributed by atoms with E-state index in [0.29, 0.717) is 10.8 Å². The van der Waals surface area contributed by atoms with Crippen LogP contribution in [-0.4, -0.2) is 39.1 Å². The molecule has 0 spiro atoms. The van der Waals surface area contributed by atoms with Gasteiger partial charge in [0.25, 0.3) is 5.91 Å². The zero-order chi connectivity index (χ0) is 19.5. The van der Waals surface area contributed by atoms with Gasteiger partial charge in [0, 0.05) is 18.3 Å². The first kappa shape index (κ1) is 20.3. The minimum Gasteiger partial charge on any atom is -0.484 e. The molecule has 0 saturated heterocycles. The Morgan fingerprint density at radius 2 is 1.81 bits per heavy atom. The Balaban J connectivity index is 2.01. The van der Waals surface area contributed by atoms with Gasteiger partial charge in [-0.25, -0.2) is 8.42 Å². The van der Waals surface area contributed by atoms with Gasteiger partial charge in [-0.3, -0.25) is 4.79 Å². The molecule has 0 aliphatic rings. The molecule has 7 heteroatoms. The van der Waals surface area contributed by atoms with Gasteiger partial charge in [-0.1, -0.05) is 23.7 Å². The van der Waals surface area contributed by atoms with Gasteiger partial charge in [0.2, 0.25) is 0 Å². The number of carbonyl (C=O) groups is 1. The molecule has 2 aromatic rings. The number of likely N-dealkylation sites (N-methyl/N-ethyl adjacent to an activating group) is 1. The Kier molecular flexibility index (Phi) is 6.31. The summed E-state index contributed by atoms with van der Waals surface area (Å²) in [6.45, 7) is 3.65. The summed E-state index contributed by atoms with van der Waals surface area (Å²) < 4.78 is 28.6. The maximum Gasteiger partial charge on any atom is 0.260 e. The maximum atomic E-state index is 12.4. The molecule has 0 aliphatic carbocycles. The molecular weight excluding hydrogens is 374 g/mol. The molecule has 1 amide bonds. The SMILES string of the molecule is Cc1cc(OCC(=O)N(C)C(C)c2ccc(S(C)(=O)=O)cc2)ccc1Cl. The second-order valence-corrected chi connectivity index (χ2v) is 8.64. The first-order valence-corrected chi connectivity index (χ1v) is 10.3. The standard InChI is InChI=1S/C19H22ClNO4S/c1-13-11-16(7-10-18(13)20)25-12-19(22)21(3)14(2)15-5-8-17(9-6-15)26(4,23)24/h5-11,14H,12H2,1-4H3. The highest BCUT2D eigenvalue weighted by atomic mass is 35.5. The summed E-state index contributed by atoms with van der Waals surface area (Å²) in [6.07, 6.45) is 1.16. The van der Waals surface area contributed by atoms with Crippen LogP contribution in [0.25, 0.3) is 0 Å². The Hall–Kier alpha value is -2.05. The smallest absolute Gasteiger partial charge is 0.260 e. The monoisotopic (exact) mass is 395 g/mol. The van der Waals surface area contributed by atoms with Crippen LogP contribution in [0.3, 0.4) is 0 Å². The second-order valence-electron chi connectivity index (χ2n) is 6.22. The van der Waals surface area contributed by atoms with Crippen LogP contribution in [0.15, 0.2) is 47.4 Å². The van der Waals surface area contributed by atoms with Crippen molar-refractivity contribution < 1.29 is 17.9 Å². The molecule has 140 valence electrons. The maximum absolute atomic E-state index is 12.4. The largest absolute Gasteiger partial charge is 0.484 e. The van der Waals surface area contributed by atoms with Crippen molar-refractivity contribution in [1.29, 1.82) is 0 Å². The summed E-state index contributed by atoms with van der Waals surface area (Å²) in [5, 5.41) is 0.645. The van der Waals surface area contributed by atoms with Crippen molar-refractivity contribution in [2.24, 2.45) is 0 Å². The first-order chi connectivity index (χ1) is 12.1. The van der Waals surface area contributed by atoms with E-state index in [-0.39, 0.29) is 23.5 Å². The number of halogens is 1. The number of sulfone groups is 1. The number of carbonyl (C=O) groups excluding carboxylic acids is 1. The third-order valence-electron chi connectivity index (χ3n) is 4.26. The van der Waals surface area contributed by atoms with Crippen LogP contribution >= 0.6 is 11.6 Å². The lowest BCUT2D eigenvalue weighted by Gasteiger charge is -2.25. The third kappa shape index (κ3) is 4.99. The summed E-state index contributed by atoms with van der Waals surface area (Å²) in [6, 6.07) is 11.5. The lowest BCUT2D eigenvalue weighted by Crippen LogP contribution is -2.33. The number of amides is 1. The van der Waals surface area contributed by atoms with Gasteiger partial charge in [-0.15, -0.1) is 0 Å². The Labute approximate surface area is 159 Å². The number of nitrogens with zero attached hydrogens (tertiary/aromatic N) is 1. The number of benzene rings is 2. The van der Waals surface area contributed by atoms with E-state index in [1.165, 1.54) is 0 Å². The van der Waals surface area contributed by atoms with Crippen molar-refractivity contribution in [1.82, 2.24) is 4.90 Å². The van der Waals surface area contributed by atoms with Crippen LogP contribution in [0.5, 0.6) is 5.75 Å². The fourth-order valence-electron chi connectivity index (χ4n) is 2.39. The van der Waals surface area contributed by atoms with Crippen molar-refractivity contribution in [2.45, 2.75) is 24.8 Å². The fourth-order valence-corrected chi connectivity index (χ4v) is 3.14. The quantitative estimate of drug-likeness (QED) is 0.748. The molecule has 26 heavy (non-hydrogen) atoms. The Bertz CT molecular complexity index is 894. The minimum absolute atomic E-state index is 0.0939. The van der Waals surface area contributed by atoms with Crippen LogP contribution in [0.2, 0.25) is 5.02 Å². The summed E-state index contributed by atoms with van der Waals surface area (Å²) in [5.74, 6) is 0.399. The summed E-state index contributed by atoms with van der Waals surface area (Å²) >= 11 is 5.97. The molecular formula is C19H22ClNO4S. The van der Waals surface area contributed by atoms with Crippen molar-refractivity contribution >= 4 is 27.3 Å². The molecule has 5 nitrogen and oxygen atoms in total. The highest BCUT2D eigenvalue weighted by molar-refractivity contribution is 7.90. The van der Waals surface area contributed by atoms with Crippen LogP contribution in [0.4, 0.5) is 0 Å². The highest BCUT2D eigenvalue weighted by Gasteiger charge is 2.18. The number of aryl methyl sites for hydroxylation is 1. The van der Waals surface area contributed by atoms with E-state index in [1.54, 1.807) is 54.4 Å². The van der Waals surface area contributed by atoms with Gasteiger partial charge in [0.05, 0.1) is 10.9 Å². The van der Waals surface area contributed by atoms with E-state index in [1.807, 2.05) is 13.8 Å². The fraction of sp³-hybridized carbons (Fsp3) is 0.316. The molecule has 0 heterocycles. The second kappa shape index (κ2) is 8.10. The lowest BCUT2D eigenvalue weighted by molar-refractivity contribution is -0.134. The number of ether oxygens (including phenoxy) is 1. The Morgan fingerprint density at radius 3 is 2.35 bits per heavy atom. The summed E-state index contributed by atoms with van der Waals surface area (Å²) in [4.78, 5) is 14.2. The predicted octanol–water partition coefficient (Wildman–Crippen LogP) is 3.65. The molecule has 0 aromatic heterocycles. The minimum atomic E-state index is -3.24. The van der Waals surface area contributed by atoms with E-state index in [0.717, 1.165) is 17.4 Å². The normalized spacial score (nSPS) is 12.5. The van der Waals surface area contributed by atoms with E-state index < -0.39 is 9.84 Å². The number of hydrogen-bond acceptors (Lipinski definition) is 4. The number of rotatable bonds is 6. The molecule has 0 bridgehead atoms. The summed E-state index contributed by atoms with van der Waals surface area (Å²) in [7, 11) is -1.55. The average molecular weight is 396 g/mol. The molecule has 2 rings (SSSR count). The van der Waals surface area contributed by atoms with Gasteiger partial charge in [0.1, 0.15) is 5.75 Å². The molecule has 1 atom stereocenters. The van der Waals surface area contributed by atoms with Gasteiger partial charge in [-0.05, 0) is 55.3 Å². The van der Waals surface area contributed by atoms with Gasteiger partial charge in [0.15, 0.2) is 16.4 Å². The van der Waals surface area contributed by atoms with Crippen LogP contribution < -0.4 is 4.74 Å². The van der Waals surface area contributed by atoms with Crippen molar-refractivity contribution in [3.05, 3.63) is 58.6 Å². The van der Waals surface area contributed by atoms with Crippen LogP contribution in [0, 0.1) is 6.92 Å². The number of hydrogen-bond donors (Lipinski definition) is 0. The zero-order valence-corrected chi connectivity index (χ0v) is 16.8. The first-order valence-electron chi connectivity index (χ1n) is 8.04. The van der Waals surface area contributed by atoms with Gasteiger partial charge >= 0.3 is 0 Å². The van der Waals surface area contributed by atoms with Crippen molar-refractivity contribution in [3.63, 3.8) is 0 Å². The van der Waals surface area contributed by atoms with Crippen molar-refractivity contribution in [3.8, 4) is 5.75 Å². The van der Waals surface area contributed by atoms with E-state index in [9.17, 15) is 13.2 Å². The highest BCUT2D eigenvalue weighted by Crippen LogP contribution is 2.23.